The molecule has 3 N–H and O–H groups in total. The molecule has 2 aromatic carbocycles. The number of allylic oxidation sites excluding steroid dienone is 4. The quantitative estimate of drug-likeness (QED) is 0.205. The molecule has 2 saturated carbocycles. The molecule has 0 saturated heterocycles. The summed E-state index contributed by atoms with van der Waals surface area (Å²) in [5, 5.41) is 21.8. The molecule has 2 aromatic heterocycles. The fourth-order valence-electron chi connectivity index (χ4n) is 5.93. The highest BCUT2D eigenvalue weighted by Crippen LogP contribution is 2.43. The normalized spacial score (nSPS) is 17.0. The Morgan fingerprint density at radius 1 is 1.07 bits per heavy atom. The predicted octanol–water partition coefficient (Wildman–Crippen LogP) is 6.54. The lowest BCUT2D eigenvalue weighted by Gasteiger charge is -2.17. The van der Waals surface area contributed by atoms with Gasteiger partial charge < -0.3 is 5.11 Å². The van der Waals surface area contributed by atoms with Gasteiger partial charge in [0.15, 0.2) is 5.69 Å². The lowest BCUT2D eigenvalue weighted by atomic mass is 9.89. The van der Waals surface area contributed by atoms with Crippen LogP contribution in [0.25, 0.3) is 22.0 Å². The van der Waals surface area contributed by atoms with Crippen molar-refractivity contribution in [2.45, 2.75) is 56.3 Å². The Kier molecular flexibility index (Phi) is 7.34. The van der Waals surface area contributed by atoms with E-state index in [0.717, 1.165) is 60.1 Å². The van der Waals surface area contributed by atoms with E-state index in [1.54, 1.807) is 22.9 Å². The van der Waals surface area contributed by atoms with E-state index in [9.17, 15) is 18.3 Å². The van der Waals surface area contributed by atoms with Crippen molar-refractivity contribution in [3.05, 3.63) is 99.5 Å². The zero-order chi connectivity index (χ0) is 30.6. The summed E-state index contributed by atoms with van der Waals surface area (Å²) in [5.74, 6) is -0.236. The number of nitrogens with zero attached hydrogens (tertiary/aromatic N) is 3. The number of benzene rings is 2. The second-order valence-corrected chi connectivity index (χ2v) is 14.3. The van der Waals surface area contributed by atoms with Gasteiger partial charge in [-0.1, -0.05) is 29.9 Å². The Bertz CT molecular complexity index is 1950. The maximum Gasteiger partial charge on any atom is 0.355 e. The molecule has 2 fully saturated rings. The summed E-state index contributed by atoms with van der Waals surface area (Å²) in [6.45, 7) is 0. The van der Waals surface area contributed by atoms with Gasteiger partial charge >= 0.3 is 5.97 Å². The van der Waals surface area contributed by atoms with Gasteiger partial charge in [-0.25, -0.2) is 32.4 Å². The Labute approximate surface area is 258 Å². The number of thiazole rings is 1. The number of hydrogen-bond acceptors (Lipinski definition) is 6. The summed E-state index contributed by atoms with van der Waals surface area (Å²) in [6.07, 6.45) is 11.8. The predicted molar refractivity (Wildman–Crippen MR) is 167 cm³/mol. The van der Waals surface area contributed by atoms with E-state index in [0.29, 0.717) is 34.6 Å². The Morgan fingerprint density at radius 2 is 1.84 bits per heavy atom. The average Bonchev–Trinajstić information content (AvgIpc) is 3.93. The number of primary sulfonamides is 1. The van der Waals surface area contributed by atoms with E-state index in [1.807, 2.05) is 12.1 Å². The van der Waals surface area contributed by atoms with E-state index in [2.05, 4.69) is 11.1 Å². The van der Waals surface area contributed by atoms with Crippen LogP contribution < -0.4 is 5.14 Å². The molecule has 0 unspecified atom stereocenters. The first-order chi connectivity index (χ1) is 21.1. The minimum absolute atomic E-state index is 0.0298. The van der Waals surface area contributed by atoms with Crippen molar-refractivity contribution < 1.29 is 22.7 Å². The molecule has 0 radical (unpaired) electrons. The van der Waals surface area contributed by atoms with E-state index < -0.39 is 16.0 Å². The number of nitrogens with two attached hydrogens (primary N) is 1. The van der Waals surface area contributed by atoms with Gasteiger partial charge in [0.1, 0.15) is 5.82 Å². The average molecular weight is 631 g/mol. The molecule has 0 spiro atoms. The molecule has 0 aliphatic heterocycles. The van der Waals surface area contributed by atoms with Gasteiger partial charge in [0, 0.05) is 28.5 Å². The largest absolute Gasteiger partial charge is 0.476 e. The number of carboxylic acid groups (broad SMARTS) is 1. The third-order valence-electron chi connectivity index (χ3n) is 8.64. The number of aromatic carboxylic acids is 1. The van der Waals surface area contributed by atoms with Gasteiger partial charge in [-0.2, -0.15) is 5.10 Å². The maximum absolute atomic E-state index is 15.4. The summed E-state index contributed by atoms with van der Waals surface area (Å²) in [4.78, 5) is 16.1. The molecule has 3 aliphatic carbocycles. The van der Waals surface area contributed by atoms with Crippen LogP contribution in [-0.4, -0.2) is 34.3 Å². The van der Waals surface area contributed by atoms with E-state index in [-0.39, 0.29) is 16.4 Å². The second kappa shape index (κ2) is 11.2. The Balaban J connectivity index is 1.37. The first kappa shape index (κ1) is 28.8. The minimum atomic E-state index is -3.84. The van der Waals surface area contributed by atoms with Crippen LogP contribution >= 0.6 is 11.3 Å². The first-order valence-electron chi connectivity index (χ1n) is 14.8. The number of carbonyl (C=O) groups is 1. The van der Waals surface area contributed by atoms with Gasteiger partial charge in [-0.15, -0.1) is 11.3 Å². The maximum atomic E-state index is 15.4. The lowest BCUT2D eigenvalue weighted by molar-refractivity contribution is 0.0691. The zero-order valence-electron chi connectivity index (χ0n) is 23.9. The molecule has 4 aromatic rings. The lowest BCUT2D eigenvalue weighted by Crippen LogP contribution is -2.11. The van der Waals surface area contributed by atoms with Crippen molar-refractivity contribution in [2.24, 2.45) is 17.0 Å². The number of hydrogen-bond donors (Lipinski definition) is 2. The Hall–Kier alpha value is -3.93. The van der Waals surface area contributed by atoms with Crippen LogP contribution in [0, 0.1) is 17.7 Å². The molecule has 11 heteroatoms. The smallest absolute Gasteiger partial charge is 0.355 e. The van der Waals surface area contributed by atoms with E-state index >= 15 is 4.39 Å². The first-order valence-corrected chi connectivity index (χ1v) is 17.2. The van der Waals surface area contributed by atoms with E-state index in [1.165, 1.54) is 53.3 Å². The number of rotatable bonds is 10. The summed E-state index contributed by atoms with van der Waals surface area (Å²) < 4.78 is 40.8. The van der Waals surface area contributed by atoms with Crippen LogP contribution in [0.4, 0.5) is 4.39 Å². The van der Waals surface area contributed by atoms with Gasteiger partial charge in [0.05, 0.1) is 16.3 Å². The van der Waals surface area contributed by atoms with Gasteiger partial charge in [0.25, 0.3) is 0 Å². The number of carboxylic acids is 1. The number of aromatic nitrogens is 3. The summed E-state index contributed by atoms with van der Waals surface area (Å²) in [5.41, 5.74) is 6.97. The fraction of sp³-hybridized carbons (Fsp3) is 0.303. The summed E-state index contributed by atoms with van der Waals surface area (Å²) in [6, 6.07) is 11.5. The highest BCUT2D eigenvalue weighted by Gasteiger charge is 2.30. The van der Waals surface area contributed by atoms with Gasteiger partial charge in [0.2, 0.25) is 15.2 Å². The molecule has 7 rings (SSSR count). The van der Waals surface area contributed by atoms with Crippen LogP contribution in [0.15, 0.2) is 70.5 Å². The van der Waals surface area contributed by atoms with Gasteiger partial charge in [-0.05, 0) is 98.2 Å². The van der Waals surface area contributed by atoms with E-state index in [4.69, 9.17) is 10.2 Å². The molecular weight excluding hydrogens is 600 g/mol. The molecule has 44 heavy (non-hydrogen) atoms. The molecule has 226 valence electrons. The van der Waals surface area contributed by atoms with Crippen LogP contribution in [0.5, 0.6) is 0 Å². The van der Waals surface area contributed by atoms with Crippen LogP contribution in [0.1, 0.15) is 71.4 Å². The van der Waals surface area contributed by atoms with Crippen LogP contribution in [-0.2, 0) is 22.9 Å². The zero-order valence-corrected chi connectivity index (χ0v) is 25.5. The second-order valence-electron chi connectivity index (χ2n) is 11.9. The van der Waals surface area contributed by atoms with Crippen molar-refractivity contribution in [3.8, 4) is 16.4 Å². The summed E-state index contributed by atoms with van der Waals surface area (Å²) in [7, 11) is -3.84. The van der Waals surface area contributed by atoms with Crippen molar-refractivity contribution in [1.82, 2.24) is 14.8 Å². The van der Waals surface area contributed by atoms with Crippen molar-refractivity contribution >= 4 is 32.9 Å². The fourth-order valence-corrected chi connectivity index (χ4v) is 7.20. The molecule has 0 atom stereocenters. The minimum Gasteiger partial charge on any atom is -0.476 e. The van der Waals surface area contributed by atoms with Crippen molar-refractivity contribution in [3.63, 3.8) is 0 Å². The SMILES string of the molecule is NS(=O)(=O)c1ccc(Cc2c(CC3CC3)nn(-c3nc(C(=O)O)cs3)c2-c2ccc(F)c(C3=CC=C(C4CC4)CC3)c2)cc1. The van der Waals surface area contributed by atoms with Crippen molar-refractivity contribution in [2.75, 3.05) is 0 Å². The molecule has 0 amide bonds. The van der Waals surface area contributed by atoms with Crippen LogP contribution in [0.2, 0.25) is 0 Å². The molecule has 3 aliphatic rings. The molecule has 0 bridgehead atoms. The van der Waals surface area contributed by atoms with Gasteiger partial charge in [-0.3, -0.25) is 0 Å². The third-order valence-corrected chi connectivity index (χ3v) is 10.4. The van der Waals surface area contributed by atoms with Crippen LogP contribution in [0.3, 0.4) is 0 Å². The highest BCUT2D eigenvalue weighted by molar-refractivity contribution is 7.89. The highest BCUT2D eigenvalue weighted by atomic mass is 32.2. The third kappa shape index (κ3) is 5.91. The number of sulfonamides is 1. The topological polar surface area (TPSA) is 128 Å². The number of halogens is 1. The summed E-state index contributed by atoms with van der Waals surface area (Å²) >= 11 is 1.19. The molecule has 2 heterocycles. The molecule has 8 nitrogen and oxygen atoms in total. The standard InChI is InChI=1S/C33H31FN4O4S2/c34-28-14-11-24(17-26(28)23-9-7-22(8-10-23)21-5-6-21)31-27(15-19-3-12-25(13-4-19)44(35,41)42)29(16-20-1-2-20)37-38(31)33-36-30(18-43-33)32(39)40/h3-4,7,9,11-14,17-18,20-21H,1-2,5-6,8,10,15-16H2,(H,39,40)(H2,35,41,42). The Morgan fingerprint density at radius 3 is 2.45 bits per heavy atom. The van der Waals surface area contributed by atoms with Crippen molar-refractivity contribution in [1.29, 1.82) is 0 Å². The molecular formula is C33H31FN4O4S2. The monoisotopic (exact) mass is 630 g/mol.